The number of hydrogen-bond acceptors (Lipinski definition) is 6. The molecule has 160 valence electrons. The third kappa shape index (κ3) is 6.35. The van der Waals surface area contributed by atoms with Crippen LogP contribution < -0.4 is 0 Å². The van der Waals surface area contributed by atoms with Crippen molar-refractivity contribution >= 4 is 20.2 Å². The summed E-state index contributed by atoms with van der Waals surface area (Å²) >= 11 is 0. The highest BCUT2D eigenvalue weighted by atomic mass is 32.2. The van der Waals surface area contributed by atoms with E-state index in [4.69, 9.17) is 8.92 Å². The van der Waals surface area contributed by atoms with Crippen molar-refractivity contribution in [2.75, 3.05) is 6.61 Å². The van der Waals surface area contributed by atoms with E-state index in [1.54, 1.807) is 45.0 Å². The summed E-state index contributed by atoms with van der Waals surface area (Å²) in [6.07, 6.45) is -0.886. The molecule has 1 N–H and O–H groups in total. The zero-order chi connectivity index (χ0) is 21.8. The molecule has 0 aromatic heterocycles. The van der Waals surface area contributed by atoms with Crippen LogP contribution in [-0.2, 0) is 29.2 Å². The fourth-order valence-electron chi connectivity index (χ4n) is 2.82. The average Bonchev–Trinajstić information content (AvgIpc) is 2.64. The Hall–Kier alpha value is -1.78. The van der Waals surface area contributed by atoms with Crippen LogP contribution in [0.4, 0.5) is 0 Å². The van der Waals surface area contributed by atoms with E-state index in [0.29, 0.717) is 12.0 Å². The number of rotatable bonds is 9. The molecule has 0 saturated carbocycles. The minimum absolute atomic E-state index is 0.0506. The molecule has 0 amide bonds. The normalized spacial score (nSPS) is 14.5. The third-order valence-electron chi connectivity index (χ3n) is 4.33. The summed E-state index contributed by atoms with van der Waals surface area (Å²) in [4.78, 5) is -0.176. The first-order valence-electron chi connectivity index (χ1n) is 9.13. The van der Waals surface area contributed by atoms with Gasteiger partial charge in [0.25, 0.3) is 20.2 Å². The van der Waals surface area contributed by atoms with Gasteiger partial charge in [-0.2, -0.15) is 16.8 Å². The molecule has 0 aliphatic carbocycles. The molecular formula is C20H26O7S2. The maximum Gasteiger partial charge on any atom is 0.297 e. The Kier molecular flexibility index (Phi) is 7.58. The Morgan fingerprint density at radius 2 is 1.55 bits per heavy atom. The van der Waals surface area contributed by atoms with Gasteiger partial charge in [0.2, 0.25) is 0 Å². The molecule has 0 aliphatic rings. The molecule has 2 atom stereocenters. The third-order valence-corrected chi connectivity index (χ3v) is 6.55. The van der Waals surface area contributed by atoms with Crippen molar-refractivity contribution in [1.82, 2.24) is 0 Å². The highest BCUT2D eigenvalue weighted by Gasteiger charge is 2.24. The molecule has 0 radical (unpaired) electrons. The lowest BCUT2D eigenvalue weighted by Crippen LogP contribution is -2.22. The molecule has 2 aromatic carbocycles. The molecule has 29 heavy (non-hydrogen) atoms. The van der Waals surface area contributed by atoms with Gasteiger partial charge in [-0.15, -0.1) is 0 Å². The lowest BCUT2D eigenvalue weighted by Gasteiger charge is -2.23. The van der Waals surface area contributed by atoms with E-state index >= 15 is 0 Å². The Morgan fingerprint density at radius 3 is 2.10 bits per heavy atom. The summed E-state index contributed by atoms with van der Waals surface area (Å²) < 4.78 is 68.5. The van der Waals surface area contributed by atoms with Crippen LogP contribution in [0.1, 0.15) is 43.1 Å². The maximum atomic E-state index is 12.3. The van der Waals surface area contributed by atoms with Crippen molar-refractivity contribution in [3.63, 3.8) is 0 Å². The van der Waals surface area contributed by atoms with E-state index in [2.05, 4.69) is 0 Å². The SMILES string of the molecule is CCC(O[C@H](C)COS(=O)(=O)c1ccc(C)cc1)c1cc(C)ccc1S(=O)(=O)O. The van der Waals surface area contributed by atoms with E-state index in [-0.39, 0.29) is 16.4 Å². The predicted molar refractivity (Wildman–Crippen MR) is 109 cm³/mol. The highest BCUT2D eigenvalue weighted by molar-refractivity contribution is 7.86. The van der Waals surface area contributed by atoms with Crippen LogP contribution in [-0.4, -0.2) is 34.1 Å². The molecule has 2 aromatic rings. The fourth-order valence-corrected chi connectivity index (χ4v) is 4.53. The Morgan fingerprint density at radius 1 is 0.966 bits per heavy atom. The highest BCUT2D eigenvalue weighted by Crippen LogP contribution is 2.30. The van der Waals surface area contributed by atoms with Gasteiger partial charge in [0.1, 0.15) is 0 Å². The van der Waals surface area contributed by atoms with Gasteiger partial charge in [0.05, 0.1) is 28.6 Å². The maximum absolute atomic E-state index is 12.3. The molecule has 0 aliphatic heterocycles. The van der Waals surface area contributed by atoms with Crippen LogP contribution in [0, 0.1) is 13.8 Å². The summed E-state index contributed by atoms with van der Waals surface area (Å²) in [6, 6.07) is 10.8. The van der Waals surface area contributed by atoms with Crippen molar-refractivity contribution in [2.45, 2.75) is 56.1 Å². The second kappa shape index (κ2) is 9.36. The minimum atomic E-state index is -4.42. The summed E-state index contributed by atoms with van der Waals surface area (Å²) in [6.45, 7) is 6.85. The van der Waals surface area contributed by atoms with E-state index in [9.17, 15) is 21.4 Å². The molecule has 9 heteroatoms. The lowest BCUT2D eigenvalue weighted by atomic mass is 10.0. The van der Waals surface area contributed by atoms with Gasteiger partial charge in [-0.05, 0) is 45.4 Å². The number of ether oxygens (including phenoxy) is 1. The van der Waals surface area contributed by atoms with Gasteiger partial charge in [0, 0.05) is 5.56 Å². The zero-order valence-corrected chi connectivity index (χ0v) is 18.5. The van der Waals surface area contributed by atoms with Crippen LogP contribution in [0.2, 0.25) is 0 Å². The number of benzene rings is 2. The van der Waals surface area contributed by atoms with Gasteiger partial charge < -0.3 is 4.74 Å². The monoisotopic (exact) mass is 442 g/mol. The van der Waals surface area contributed by atoms with Crippen LogP contribution >= 0.6 is 0 Å². The van der Waals surface area contributed by atoms with Crippen molar-refractivity contribution in [1.29, 1.82) is 0 Å². The molecule has 0 fully saturated rings. The fraction of sp³-hybridized carbons (Fsp3) is 0.400. The van der Waals surface area contributed by atoms with E-state index in [1.165, 1.54) is 18.2 Å². The summed E-state index contributed by atoms with van der Waals surface area (Å²) in [5, 5.41) is 0. The molecule has 7 nitrogen and oxygen atoms in total. The van der Waals surface area contributed by atoms with Crippen molar-refractivity contribution in [3.05, 3.63) is 59.2 Å². The van der Waals surface area contributed by atoms with Crippen molar-refractivity contribution in [2.24, 2.45) is 0 Å². The standard InChI is InChI=1S/C20H26O7S2/c1-5-19(18-12-15(3)8-11-20(18)28(21,22)23)27-16(4)13-26-29(24,25)17-9-6-14(2)7-10-17/h6-12,16,19H,5,13H2,1-4H3,(H,21,22,23)/t16-,19?/m1/s1. The van der Waals surface area contributed by atoms with Gasteiger partial charge in [0.15, 0.2) is 0 Å². The summed E-state index contributed by atoms with van der Waals surface area (Å²) in [5.41, 5.74) is 2.06. The van der Waals surface area contributed by atoms with Crippen LogP contribution in [0.25, 0.3) is 0 Å². The lowest BCUT2D eigenvalue weighted by molar-refractivity contribution is -0.0274. The molecule has 0 bridgehead atoms. The minimum Gasteiger partial charge on any atom is -0.368 e. The molecular weight excluding hydrogens is 416 g/mol. The van der Waals surface area contributed by atoms with Gasteiger partial charge in [-0.25, -0.2) is 0 Å². The van der Waals surface area contributed by atoms with Crippen molar-refractivity contribution in [3.8, 4) is 0 Å². The first-order valence-corrected chi connectivity index (χ1v) is 12.0. The molecule has 2 rings (SSSR count). The smallest absolute Gasteiger partial charge is 0.297 e. The quantitative estimate of drug-likeness (QED) is 0.465. The Balaban J connectivity index is 2.14. The second-order valence-electron chi connectivity index (χ2n) is 6.91. The van der Waals surface area contributed by atoms with Gasteiger partial charge in [-0.3, -0.25) is 8.74 Å². The van der Waals surface area contributed by atoms with Crippen LogP contribution in [0.5, 0.6) is 0 Å². The first kappa shape index (κ1) is 23.5. The molecule has 0 saturated heterocycles. The Labute approximate surface area is 172 Å². The molecule has 0 heterocycles. The average molecular weight is 443 g/mol. The number of aryl methyl sites for hydroxylation is 2. The predicted octanol–water partition coefficient (Wildman–Crippen LogP) is 3.81. The van der Waals surface area contributed by atoms with Gasteiger partial charge in [-0.1, -0.05) is 42.3 Å². The van der Waals surface area contributed by atoms with E-state index in [0.717, 1.165) is 11.1 Å². The summed E-state index contributed by atoms with van der Waals surface area (Å²) in [5.74, 6) is 0. The van der Waals surface area contributed by atoms with Crippen LogP contribution in [0.15, 0.2) is 52.3 Å². The molecule has 0 spiro atoms. The summed E-state index contributed by atoms with van der Waals surface area (Å²) in [7, 11) is -8.36. The van der Waals surface area contributed by atoms with Crippen molar-refractivity contribution < 1.29 is 30.3 Å². The number of hydrogen-bond donors (Lipinski definition) is 1. The topological polar surface area (TPSA) is 107 Å². The van der Waals surface area contributed by atoms with E-state index < -0.39 is 32.4 Å². The van der Waals surface area contributed by atoms with Crippen LogP contribution in [0.3, 0.4) is 0 Å². The second-order valence-corrected chi connectivity index (χ2v) is 9.92. The van der Waals surface area contributed by atoms with Gasteiger partial charge >= 0.3 is 0 Å². The molecule has 1 unspecified atom stereocenters. The first-order chi connectivity index (χ1) is 13.4. The van der Waals surface area contributed by atoms with E-state index in [1.807, 2.05) is 6.92 Å². The zero-order valence-electron chi connectivity index (χ0n) is 16.8. The Bertz CT molecular complexity index is 1040. The largest absolute Gasteiger partial charge is 0.368 e.